The summed E-state index contributed by atoms with van der Waals surface area (Å²) in [7, 11) is 0. The van der Waals surface area contributed by atoms with Crippen molar-refractivity contribution in [2.45, 2.75) is 69.9 Å². The number of aliphatic hydroxyl groups excluding tert-OH is 3. The zero-order valence-corrected chi connectivity index (χ0v) is 13.0. The fraction of sp³-hybridized carbons (Fsp3) is 0.875. The molecule has 0 aromatic rings. The summed E-state index contributed by atoms with van der Waals surface area (Å²) in [6.45, 7) is 2.62. The first-order chi connectivity index (χ1) is 10.2. The lowest BCUT2D eigenvalue weighted by Gasteiger charge is -2.20. The Bertz CT molecular complexity index is 282. The van der Waals surface area contributed by atoms with E-state index in [9.17, 15) is 10.2 Å². The van der Waals surface area contributed by atoms with Crippen molar-refractivity contribution < 1.29 is 24.8 Å². The van der Waals surface area contributed by atoms with E-state index in [1.54, 1.807) is 0 Å². The third-order valence-electron chi connectivity index (χ3n) is 3.72. The van der Waals surface area contributed by atoms with Crippen LogP contribution in [-0.4, -0.2) is 59.6 Å². The first kappa shape index (κ1) is 18.6. The van der Waals surface area contributed by atoms with E-state index in [0.29, 0.717) is 6.61 Å². The van der Waals surface area contributed by atoms with Gasteiger partial charge in [-0.1, -0.05) is 31.9 Å². The minimum Gasteiger partial charge on any atom is -0.394 e. The van der Waals surface area contributed by atoms with E-state index in [4.69, 9.17) is 14.6 Å². The van der Waals surface area contributed by atoms with Gasteiger partial charge in [0.15, 0.2) is 0 Å². The number of hydrogen-bond donors (Lipinski definition) is 3. The van der Waals surface area contributed by atoms with E-state index in [2.05, 4.69) is 19.1 Å². The highest BCUT2D eigenvalue weighted by molar-refractivity contribution is 4.88. The molecule has 0 aromatic carbocycles. The van der Waals surface area contributed by atoms with Gasteiger partial charge < -0.3 is 24.8 Å². The molecule has 21 heavy (non-hydrogen) atoms. The Balaban J connectivity index is 2.04. The summed E-state index contributed by atoms with van der Waals surface area (Å²) in [5, 5.41) is 28.3. The third-order valence-corrected chi connectivity index (χ3v) is 3.72. The molecule has 4 atom stereocenters. The second-order valence-electron chi connectivity index (χ2n) is 5.56. The SMILES string of the molecule is CCCC/C=C/CCCCO[C@@H]1CO[C@@H]([C@@H](O)CO)[C@H]1O. The van der Waals surface area contributed by atoms with Gasteiger partial charge in [-0.25, -0.2) is 0 Å². The molecule has 5 heteroatoms. The van der Waals surface area contributed by atoms with Gasteiger partial charge in [0, 0.05) is 6.61 Å². The quantitative estimate of drug-likeness (QED) is 0.397. The first-order valence-corrected chi connectivity index (χ1v) is 8.05. The number of ether oxygens (including phenoxy) is 2. The summed E-state index contributed by atoms with van der Waals surface area (Å²) in [6.07, 6.45) is 8.08. The van der Waals surface area contributed by atoms with Gasteiger partial charge in [0.1, 0.15) is 24.4 Å². The van der Waals surface area contributed by atoms with Gasteiger partial charge >= 0.3 is 0 Å². The molecule has 0 aromatic heterocycles. The predicted molar refractivity (Wildman–Crippen MR) is 81.1 cm³/mol. The van der Waals surface area contributed by atoms with E-state index in [1.165, 1.54) is 12.8 Å². The van der Waals surface area contributed by atoms with Crippen molar-refractivity contribution in [3.05, 3.63) is 12.2 Å². The molecule has 1 saturated heterocycles. The van der Waals surface area contributed by atoms with Crippen molar-refractivity contribution in [2.75, 3.05) is 19.8 Å². The van der Waals surface area contributed by atoms with E-state index in [0.717, 1.165) is 25.7 Å². The zero-order valence-electron chi connectivity index (χ0n) is 13.0. The van der Waals surface area contributed by atoms with Gasteiger partial charge in [-0.15, -0.1) is 0 Å². The summed E-state index contributed by atoms with van der Waals surface area (Å²) in [6, 6.07) is 0. The Morgan fingerprint density at radius 3 is 2.62 bits per heavy atom. The molecule has 0 unspecified atom stereocenters. The summed E-state index contributed by atoms with van der Waals surface area (Å²) >= 11 is 0. The number of rotatable bonds is 11. The zero-order chi connectivity index (χ0) is 15.5. The van der Waals surface area contributed by atoms with E-state index >= 15 is 0 Å². The molecule has 5 nitrogen and oxygen atoms in total. The lowest BCUT2D eigenvalue weighted by atomic mass is 10.1. The van der Waals surface area contributed by atoms with Crippen molar-refractivity contribution in [1.82, 2.24) is 0 Å². The maximum absolute atomic E-state index is 9.94. The Morgan fingerprint density at radius 1 is 1.24 bits per heavy atom. The second-order valence-corrected chi connectivity index (χ2v) is 5.56. The molecule has 0 amide bonds. The largest absolute Gasteiger partial charge is 0.394 e. The Kier molecular flexibility index (Phi) is 9.87. The molecule has 0 bridgehead atoms. The third kappa shape index (κ3) is 6.89. The number of aliphatic hydroxyl groups is 3. The molecule has 3 N–H and O–H groups in total. The van der Waals surface area contributed by atoms with Gasteiger partial charge in [-0.3, -0.25) is 0 Å². The van der Waals surface area contributed by atoms with E-state index in [1.807, 2.05) is 0 Å². The van der Waals surface area contributed by atoms with Crippen LogP contribution in [0.25, 0.3) is 0 Å². The molecule has 1 aliphatic heterocycles. The predicted octanol–water partition coefficient (Wildman–Crippen LogP) is 1.40. The fourth-order valence-electron chi connectivity index (χ4n) is 2.36. The summed E-state index contributed by atoms with van der Waals surface area (Å²) in [5.41, 5.74) is 0. The number of hydrogen-bond acceptors (Lipinski definition) is 5. The van der Waals surface area contributed by atoms with Gasteiger partial charge in [0.25, 0.3) is 0 Å². The van der Waals surface area contributed by atoms with Crippen LogP contribution in [0.1, 0.15) is 45.4 Å². The van der Waals surface area contributed by atoms with Crippen LogP contribution in [0, 0.1) is 0 Å². The highest BCUT2D eigenvalue weighted by atomic mass is 16.6. The molecule has 1 rings (SSSR count). The van der Waals surface area contributed by atoms with Crippen LogP contribution in [0.2, 0.25) is 0 Å². The molecule has 0 spiro atoms. The smallest absolute Gasteiger partial charge is 0.114 e. The van der Waals surface area contributed by atoms with Crippen molar-refractivity contribution >= 4 is 0 Å². The molecule has 1 heterocycles. The van der Waals surface area contributed by atoms with Gasteiger partial charge in [0.05, 0.1) is 13.2 Å². The minimum absolute atomic E-state index is 0.264. The van der Waals surface area contributed by atoms with Gasteiger partial charge in [0.2, 0.25) is 0 Å². The van der Waals surface area contributed by atoms with Crippen LogP contribution in [0.5, 0.6) is 0 Å². The normalized spacial score (nSPS) is 27.5. The number of unbranched alkanes of at least 4 members (excludes halogenated alkanes) is 4. The molecule has 1 fully saturated rings. The monoisotopic (exact) mass is 302 g/mol. The van der Waals surface area contributed by atoms with Crippen LogP contribution in [-0.2, 0) is 9.47 Å². The van der Waals surface area contributed by atoms with E-state index in [-0.39, 0.29) is 6.61 Å². The van der Waals surface area contributed by atoms with Crippen molar-refractivity contribution in [3.8, 4) is 0 Å². The topological polar surface area (TPSA) is 79.2 Å². The summed E-state index contributed by atoms with van der Waals surface area (Å²) in [5.74, 6) is 0. The van der Waals surface area contributed by atoms with Gasteiger partial charge in [-0.2, -0.15) is 0 Å². The Labute approximate surface area is 127 Å². The molecule has 0 saturated carbocycles. The van der Waals surface area contributed by atoms with Crippen molar-refractivity contribution in [2.24, 2.45) is 0 Å². The molecule has 124 valence electrons. The molecule has 1 aliphatic rings. The highest BCUT2D eigenvalue weighted by Gasteiger charge is 2.40. The second kappa shape index (κ2) is 11.2. The maximum atomic E-state index is 9.94. The Morgan fingerprint density at radius 2 is 1.95 bits per heavy atom. The van der Waals surface area contributed by atoms with Crippen LogP contribution in [0.4, 0.5) is 0 Å². The average molecular weight is 302 g/mol. The lowest BCUT2D eigenvalue weighted by molar-refractivity contribution is -0.0730. The fourth-order valence-corrected chi connectivity index (χ4v) is 2.36. The Hall–Kier alpha value is -0.460. The average Bonchev–Trinajstić information content (AvgIpc) is 2.86. The molecule has 0 radical (unpaired) electrons. The molecule has 0 aliphatic carbocycles. The highest BCUT2D eigenvalue weighted by Crippen LogP contribution is 2.20. The summed E-state index contributed by atoms with van der Waals surface area (Å²) in [4.78, 5) is 0. The maximum Gasteiger partial charge on any atom is 0.114 e. The van der Waals surface area contributed by atoms with Crippen LogP contribution in [0.3, 0.4) is 0 Å². The van der Waals surface area contributed by atoms with E-state index < -0.39 is 31.0 Å². The summed E-state index contributed by atoms with van der Waals surface area (Å²) < 4.78 is 10.9. The number of allylic oxidation sites excluding steroid dienone is 2. The molecular formula is C16H30O5. The lowest BCUT2D eigenvalue weighted by Crippen LogP contribution is -2.41. The minimum atomic E-state index is -1.05. The standard InChI is InChI=1S/C16H30O5/c1-2-3-4-5-6-7-8-9-10-20-14-12-21-16(15(14)19)13(18)11-17/h5-6,13-19H,2-4,7-12H2,1H3/b6-5+/t13-,14+,15-,16-/m0/s1. The van der Waals surface area contributed by atoms with Crippen LogP contribution < -0.4 is 0 Å². The first-order valence-electron chi connectivity index (χ1n) is 8.05. The van der Waals surface area contributed by atoms with Crippen LogP contribution >= 0.6 is 0 Å². The van der Waals surface area contributed by atoms with Gasteiger partial charge in [-0.05, 0) is 25.7 Å². The van der Waals surface area contributed by atoms with Crippen molar-refractivity contribution in [1.29, 1.82) is 0 Å². The van der Waals surface area contributed by atoms with Crippen molar-refractivity contribution in [3.63, 3.8) is 0 Å². The van der Waals surface area contributed by atoms with Crippen LogP contribution in [0.15, 0.2) is 12.2 Å². The molecular weight excluding hydrogens is 272 g/mol.